The molecule has 0 aliphatic carbocycles. The summed E-state index contributed by atoms with van der Waals surface area (Å²) in [6.07, 6.45) is -9.02. The fraction of sp³-hybridized carbons (Fsp3) is 0.667. The van der Waals surface area contributed by atoms with Gasteiger partial charge in [0.1, 0.15) is 48.5 Å². The van der Waals surface area contributed by atoms with Crippen molar-refractivity contribution in [2.24, 2.45) is 0 Å². The minimum Gasteiger partial charge on any atom is -0.394 e. The largest absolute Gasteiger partial charge is 0.394 e. The molecule has 2 aromatic rings. The summed E-state index contributed by atoms with van der Waals surface area (Å²) in [5, 5.41) is 60.8. The molecule has 2 aliphatic heterocycles. The summed E-state index contributed by atoms with van der Waals surface area (Å²) in [6.45, 7) is -1.44. The lowest BCUT2D eigenvalue weighted by Crippen LogP contribution is -2.69. The highest BCUT2D eigenvalue weighted by atomic mass is 19.2. The van der Waals surface area contributed by atoms with Crippen molar-refractivity contribution in [1.29, 1.82) is 0 Å². The summed E-state index contributed by atoms with van der Waals surface area (Å²) < 4.78 is 27.5. The van der Waals surface area contributed by atoms with Crippen LogP contribution in [-0.2, 0) is 15.2 Å². The van der Waals surface area contributed by atoms with Gasteiger partial charge in [0.25, 0.3) is 5.85 Å². The van der Waals surface area contributed by atoms with E-state index in [1.54, 1.807) is 0 Å². The highest BCUT2D eigenvalue weighted by molar-refractivity contribution is 5.81. The smallest absolute Gasteiger partial charge is 0.287 e. The van der Waals surface area contributed by atoms with Gasteiger partial charge in [0, 0.05) is 0 Å². The quantitative estimate of drug-likeness (QED) is 0.254. The monoisotopic (exact) mass is 417 g/mol. The van der Waals surface area contributed by atoms with E-state index in [1.807, 2.05) is 0 Å². The maximum Gasteiger partial charge on any atom is 0.287 e. The Morgan fingerprint density at radius 2 is 1.93 bits per heavy atom. The van der Waals surface area contributed by atoms with Crippen LogP contribution in [0.5, 0.6) is 0 Å². The molecule has 4 heterocycles. The normalized spacial score (nSPS) is 43.1. The Morgan fingerprint density at radius 3 is 2.59 bits per heavy atom. The number of nitrogens with two attached hydrogens (primary N) is 1. The molecule has 2 saturated heterocycles. The lowest BCUT2D eigenvalue weighted by atomic mass is 9.86. The molecule has 160 valence electrons. The van der Waals surface area contributed by atoms with E-state index < -0.39 is 61.4 Å². The van der Waals surface area contributed by atoms with Crippen molar-refractivity contribution < 1.29 is 44.5 Å². The molecule has 0 bridgehead atoms. The van der Waals surface area contributed by atoms with Crippen LogP contribution in [0.15, 0.2) is 12.7 Å². The van der Waals surface area contributed by atoms with E-state index in [0.29, 0.717) is 0 Å². The maximum absolute atomic E-state index is 15.7. The molecule has 13 nitrogen and oxygen atoms in total. The molecule has 0 radical (unpaired) electrons. The summed E-state index contributed by atoms with van der Waals surface area (Å²) in [7, 11) is 0. The zero-order valence-electron chi connectivity index (χ0n) is 14.8. The van der Waals surface area contributed by atoms with Gasteiger partial charge in [-0.25, -0.2) is 19.3 Å². The van der Waals surface area contributed by atoms with Crippen molar-refractivity contribution in [3.63, 3.8) is 0 Å². The summed E-state index contributed by atoms with van der Waals surface area (Å²) >= 11 is 0. The number of aliphatic hydroxyl groups excluding tert-OH is 5. The van der Waals surface area contributed by atoms with Gasteiger partial charge < -0.3 is 45.8 Å². The predicted molar refractivity (Wildman–Crippen MR) is 89.5 cm³/mol. The molecule has 2 fully saturated rings. The molecule has 0 spiro atoms. The molecule has 14 heteroatoms. The average molecular weight is 417 g/mol. The summed E-state index contributed by atoms with van der Waals surface area (Å²) in [5.41, 5.74) is 2.83. The van der Waals surface area contributed by atoms with E-state index in [2.05, 4.69) is 15.0 Å². The Labute approximate surface area is 161 Å². The molecule has 0 saturated carbocycles. The highest BCUT2D eigenvalue weighted by Crippen LogP contribution is 2.50. The maximum atomic E-state index is 15.7. The third-order valence-corrected chi connectivity index (χ3v) is 5.36. The SMILES string of the molecule is Nc1ncnc2c1ncn2[C@]1(C2OC[C@@H](O)[C@@H](O)[C@@H]2O)O[C@H](CO)[C@@H](O)[C@]1(O)F. The van der Waals surface area contributed by atoms with Gasteiger partial charge >= 0.3 is 0 Å². The average Bonchev–Trinajstić information content (AvgIpc) is 3.20. The number of imidazole rings is 1. The number of hydrogen-bond donors (Lipinski definition) is 7. The Kier molecular flexibility index (Phi) is 4.71. The van der Waals surface area contributed by atoms with Gasteiger partial charge in [0.05, 0.1) is 19.5 Å². The summed E-state index contributed by atoms with van der Waals surface area (Å²) in [5.74, 6) is -3.74. The van der Waals surface area contributed by atoms with Gasteiger partial charge in [-0.15, -0.1) is 0 Å². The molecule has 8 N–H and O–H groups in total. The fourth-order valence-electron chi connectivity index (χ4n) is 3.85. The Balaban J connectivity index is 1.97. The molecule has 1 unspecified atom stereocenters. The van der Waals surface area contributed by atoms with Crippen molar-refractivity contribution >= 4 is 17.0 Å². The van der Waals surface area contributed by atoms with Crippen LogP contribution in [0, 0.1) is 0 Å². The zero-order valence-corrected chi connectivity index (χ0v) is 14.8. The minimum absolute atomic E-state index is 0.000837. The van der Waals surface area contributed by atoms with Crippen LogP contribution in [0.3, 0.4) is 0 Å². The Bertz CT molecular complexity index is 914. The second-order valence-corrected chi connectivity index (χ2v) is 7.00. The van der Waals surface area contributed by atoms with Crippen LogP contribution in [0.1, 0.15) is 0 Å². The molecule has 29 heavy (non-hydrogen) atoms. The van der Waals surface area contributed by atoms with Crippen LogP contribution in [0.4, 0.5) is 10.2 Å². The number of anilines is 1. The number of aromatic nitrogens is 4. The Hall–Kier alpha value is -2.04. The molecule has 2 aromatic heterocycles. The first kappa shape index (κ1) is 20.2. The van der Waals surface area contributed by atoms with Gasteiger partial charge in [-0.3, -0.25) is 4.57 Å². The number of nitrogen functional groups attached to an aromatic ring is 1. The lowest BCUT2D eigenvalue weighted by Gasteiger charge is -2.47. The van der Waals surface area contributed by atoms with Gasteiger partial charge in [0.2, 0.25) is 5.72 Å². The van der Waals surface area contributed by atoms with Crippen molar-refractivity contribution in [2.45, 2.75) is 48.2 Å². The van der Waals surface area contributed by atoms with E-state index in [4.69, 9.17) is 15.2 Å². The molecule has 0 aromatic carbocycles. The van der Waals surface area contributed by atoms with Gasteiger partial charge in [0.15, 0.2) is 11.5 Å². The Morgan fingerprint density at radius 1 is 1.21 bits per heavy atom. The van der Waals surface area contributed by atoms with Crippen LogP contribution < -0.4 is 5.73 Å². The van der Waals surface area contributed by atoms with E-state index in [-0.39, 0.29) is 17.0 Å². The number of hydrogen-bond acceptors (Lipinski definition) is 12. The predicted octanol–water partition coefficient (Wildman–Crippen LogP) is -4.05. The third kappa shape index (κ3) is 2.58. The van der Waals surface area contributed by atoms with Gasteiger partial charge in [-0.1, -0.05) is 0 Å². The topological polar surface area (TPSA) is 209 Å². The zero-order chi connectivity index (χ0) is 21.1. The highest BCUT2D eigenvalue weighted by Gasteiger charge is 2.74. The van der Waals surface area contributed by atoms with E-state index >= 15 is 4.39 Å². The second-order valence-electron chi connectivity index (χ2n) is 7.00. The molecule has 0 amide bonds. The number of nitrogens with zero attached hydrogens (tertiary/aromatic N) is 4. The van der Waals surface area contributed by atoms with E-state index in [0.717, 1.165) is 17.2 Å². The number of rotatable bonds is 3. The van der Waals surface area contributed by atoms with E-state index in [9.17, 15) is 30.6 Å². The van der Waals surface area contributed by atoms with Crippen molar-refractivity contribution in [3.8, 4) is 0 Å². The minimum atomic E-state index is -3.67. The first-order chi connectivity index (χ1) is 13.7. The second kappa shape index (κ2) is 6.75. The van der Waals surface area contributed by atoms with Crippen molar-refractivity contribution in [3.05, 3.63) is 12.7 Å². The van der Waals surface area contributed by atoms with E-state index in [1.165, 1.54) is 0 Å². The number of alkyl halides is 1. The number of ether oxygens (including phenoxy) is 2. The van der Waals surface area contributed by atoms with Crippen LogP contribution in [0.25, 0.3) is 11.2 Å². The van der Waals surface area contributed by atoms with Gasteiger partial charge in [-0.2, -0.15) is 0 Å². The third-order valence-electron chi connectivity index (χ3n) is 5.36. The molecule has 8 atom stereocenters. The molecule has 4 rings (SSSR count). The van der Waals surface area contributed by atoms with Crippen LogP contribution in [0.2, 0.25) is 0 Å². The molecular weight excluding hydrogens is 397 g/mol. The fourth-order valence-corrected chi connectivity index (χ4v) is 3.85. The molecule has 2 aliphatic rings. The van der Waals surface area contributed by atoms with Crippen molar-refractivity contribution in [2.75, 3.05) is 18.9 Å². The van der Waals surface area contributed by atoms with Crippen molar-refractivity contribution in [1.82, 2.24) is 19.5 Å². The van der Waals surface area contributed by atoms with Crippen LogP contribution >= 0.6 is 0 Å². The standard InChI is InChI=1S/C15H20FN5O8/c16-14(27)10(26)6(1-22)29-15(14,11-9(25)8(24)5(23)2-28-11)21-4-20-7-12(17)18-3-19-13(7)21/h3-6,8-11,22-27H,1-2H2,(H2,17,18,19)/t5-,6-,8-,9+,10-,11?,14-,15-/m1/s1. The molecular formula is C15H20FN5O8. The first-order valence-electron chi connectivity index (χ1n) is 8.64. The first-order valence-corrected chi connectivity index (χ1v) is 8.64. The van der Waals surface area contributed by atoms with Gasteiger partial charge in [-0.05, 0) is 0 Å². The number of fused-ring (bicyclic) bond motifs is 1. The number of aliphatic hydroxyl groups is 6. The lowest BCUT2D eigenvalue weighted by molar-refractivity contribution is -0.335. The summed E-state index contributed by atoms with van der Waals surface area (Å²) in [4.78, 5) is 11.7. The van der Waals surface area contributed by atoms with Crippen LogP contribution in [-0.4, -0.2) is 106 Å². The summed E-state index contributed by atoms with van der Waals surface area (Å²) in [6, 6.07) is 0. The number of halogens is 1.